The highest BCUT2D eigenvalue weighted by atomic mass is 16.5. The molecule has 2 rings (SSSR count). The fraction of sp³-hybridized carbons (Fsp3) is 0.609. The second-order valence-electron chi connectivity index (χ2n) is 8.72. The maximum Gasteiger partial charge on any atom is 0.325 e. The van der Waals surface area contributed by atoms with Gasteiger partial charge < -0.3 is 15.4 Å². The molecule has 0 radical (unpaired) electrons. The van der Waals surface area contributed by atoms with Gasteiger partial charge in [0.25, 0.3) is 0 Å². The number of benzene rings is 1. The van der Waals surface area contributed by atoms with Crippen molar-refractivity contribution in [1.29, 1.82) is 0 Å². The first-order valence-electron chi connectivity index (χ1n) is 10.7. The van der Waals surface area contributed by atoms with E-state index >= 15 is 0 Å². The molecule has 0 aliphatic carbocycles. The Bertz CT molecular complexity index is 718. The molecule has 1 aromatic rings. The second kappa shape index (κ2) is 11.1. The van der Waals surface area contributed by atoms with Crippen molar-refractivity contribution in [2.45, 2.75) is 65.1 Å². The van der Waals surface area contributed by atoms with Crippen LogP contribution in [0, 0.1) is 5.92 Å². The molecular formula is C23H35N3O4. The normalized spacial score (nSPS) is 22.4. The van der Waals surface area contributed by atoms with Gasteiger partial charge >= 0.3 is 5.97 Å². The van der Waals surface area contributed by atoms with E-state index in [1.807, 2.05) is 32.0 Å². The molecule has 7 nitrogen and oxygen atoms in total. The maximum absolute atomic E-state index is 13.3. The monoisotopic (exact) mass is 417 g/mol. The molecule has 2 amide bonds. The standard InChI is InChI=1S/C23H35N3O4/c1-17(2)20-21(28)25-23(3,4)22(29)24-15-19(27)30-14-10-6-9-13-26(20)16-18-11-7-5-8-12-18/h5,7-8,11-12,17,20H,6,9-10,13-16H2,1-4H3,(H,24,29)(H,25,28). The zero-order valence-corrected chi connectivity index (χ0v) is 18.6. The predicted molar refractivity (Wildman–Crippen MR) is 116 cm³/mol. The zero-order chi connectivity index (χ0) is 22.1. The van der Waals surface area contributed by atoms with Gasteiger partial charge in [0, 0.05) is 6.54 Å². The van der Waals surface area contributed by atoms with Crippen LogP contribution in [0.2, 0.25) is 0 Å². The van der Waals surface area contributed by atoms with E-state index in [2.05, 4.69) is 27.7 Å². The van der Waals surface area contributed by atoms with Crippen LogP contribution >= 0.6 is 0 Å². The molecule has 2 N–H and O–H groups in total. The van der Waals surface area contributed by atoms with Crippen LogP contribution < -0.4 is 10.6 Å². The lowest BCUT2D eigenvalue weighted by molar-refractivity contribution is -0.144. The quantitative estimate of drug-likeness (QED) is 0.737. The number of esters is 1. The van der Waals surface area contributed by atoms with Gasteiger partial charge in [-0.05, 0) is 51.1 Å². The lowest BCUT2D eigenvalue weighted by atomic mass is 9.97. The molecule has 1 atom stereocenters. The number of carbonyl (C=O) groups excluding carboxylic acids is 3. The largest absolute Gasteiger partial charge is 0.464 e. The molecule has 1 aromatic carbocycles. The van der Waals surface area contributed by atoms with Crippen LogP contribution in [0.3, 0.4) is 0 Å². The second-order valence-corrected chi connectivity index (χ2v) is 8.72. The number of carbonyl (C=O) groups is 3. The van der Waals surface area contributed by atoms with Gasteiger partial charge in [-0.2, -0.15) is 0 Å². The first kappa shape index (κ1) is 23.9. The molecule has 1 aliphatic heterocycles. The maximum atomic E-state index is 13.3. The molecule has 0 bridgehead atoms. The fourth-order valence-electron chi connectivity index (χ4n) is 3.67. The fourth-order valence-corrected chi connectivity index (χ4v) is 3.67. The lowest BCUT2D eigenvalue weighted by Crippen LogP contribution is -2.60. The highest BCUT2D eigenvalue weighted by molar-refractivity contribution is 5.93. The third-order valence-electron chi connectivity index (χ3n) is 5.27. The van der Waals surface area contributed by atoms with Crippen molar-refractivity contribution in [2.24, 2.45) is 5.92 Å². The summed E-state index contributed by atoms with van der Waals surface area (Å²) >= 11 is 0. The average molecular weight is 418 g/mol. The summed E-state index contributed by atoms with van der Waals surface area (Å²) in [5.74, 6) is -1.00. The summed E-state index contributed by atoms with van der Waals surface area (Å²) in [6.07, 6.45) is 2.53. The number of rotatable bonds is 3. The molecule has 7 heteroatoms. The highest BCUT2D eigenvalue weighted by Gasteiger charge is 2.36. The van der Waals surface area contributed by atoms with Crippen LogP contribution in [0.1, 0.15) is 52.5 Å². The molecular weight excluding hydrogens is 382 g/mol. The minimum absolute atomic E-state index is 0.0631. The smallest absolute Gasteiger partial charge is 0.325 e. The number of nitrogens with one attached hydrogen (secondary N) is 2. The van der Waals surface area contributed by atoms with Crippen molar-refractivity contribution in [1.82, 2.24) is 15.5 Å². The zero-order valence-electron chi connectivity index (χ0n) is 18.6. The van der Waals surface area contributed by atoms with Gasteiger partial charge in [0.2, 0.25) is 11.8 Å². The molecule has 1 aliphatic rings. The van der Waals surface area contributed by atoms with Gasteiger partial charge in [0.15, 0.2) is 0 Å². The minimum atomic E-state index is -1.15. The van der Waals surface area contributed by atoms with Crippen LogP contribution in [-0.2, 0) is 25.7 Å². The van der Waals surface area contributed by atoms with E-state index < -0.39 is 17.4 Å². The SMILES string of the molecule is CC(C)C1C(=O)NC(C)(C)C(=O)NCC(=O)OCCCCCN1Cc1ccccc1. The molecule has 166 valence electrons. The van der Waals surface area contributed by atoms with Gasteiger partial charge in [0.1, 0.15) is 12.1 Å². The molecule has 1 heterocycles. The van der Waals surface area contributed by atoms with Gasteiger partial charge in [-0.1, -0.05) is 44.2 Å². The lowest BCUT2D eigenvalue weighted by Gasteiger charge is -2.36. The van der Waals surface area contributed by atoms with E-state index in [9.17, 15) is 14.4 Å². The first-order valence-corrected chi connectivity index (χ1v) is 10.7. The Morgan fingerprint density at radius 1 is 1.10 bits per heavy atom. The Hall–Kier alpha value is -2.41. The Morgan fingerprint density at radius 2 is 1.80 bits per heavy atom. The summed E-state index contributed by atoms with van der Waals surface area (Å²) in [7, 11) is 0. The number of nitrogens with zero attached hydrogens (tertiary/aromatic N) is 1. The topological polar surface area (TPSA) is 87.7 Å². The van der Waals surface area contributed by atoms with Crippen LogP contribution in [0.4, 0.5) is 0 Å². The summed E-state index contributed by atoms with van der Waals surface area (Å²) in [5.41, 5.74) is -0.0110. The molecule has 0 spiro atoms. The van der Waals surface area contributed by atoms with Crippen molar-refractivity contribution in [3.63, 3.8) is 0 Å². The first-order chi connectivity index (χ1) is 14.2. The van der Waals surface area contributed by atoms with Gasteiger partial charge in [-0.25, -0.2) is 0 Å². The van der Waals surface area contributed by atoms with Crippen molar-refractivity contribution in [3.8, 4) is 0 Å². The molecule has 0 saturated carbocycles. The third-order valence-corrected chi connectivity index (χ3v) is 5.27. The number of amides is 2. The van der Waals surface area contributed by atoms with Gasteiger partial charge in [-0.15, -0.1) is 0 Å². The minimum Gasteiger partial charge on any atom is -0.464 e. The Balaban J connectivity index is 2.27. The molecule has 1 unspecified atom stereocenters. The highest BCUT2D eigenvalue weighted by Crippen LogP contribution is 2.18. The summed E-state index contributed by atoms with van der Waals surface area (Å²) in [5, 5.41) is 5.46. The van der Waals surface area contributed by atoms with Crippen molar-refractivity contribution in [3.05, 3.63) is 35.9 Å². The molecule has 30 heavy (non-hydrogen) atoms. The van der Waals surface area contributed by atoms with Crippen LogP contribution in [0.25, 0.3) is 0 Å². The number of cyclic esters (lactones) is 1. The van der Waals surface area contributed by atoms with E-state index in [4.69, 9.17) is 4.74 Å². The van der Waals surface area contributed by atoms with Crippen molar-refractivity contribution >= 4 is 17.8 Å². The number of hydrogen-bond donors (Lipinski definition) is 2. The van der Waals surface area contributed by atoms with E-state index in [0.717, 1.165) is 31.4 Å². The van der Waals surface area contributed by atoms with E-state index in [1.165, 1.54) is 0 Å². The average Bonchev–Trinajstić information content (AvgIpc) is 2.68. The number of ether oxygens (including phenoxy) is 1. The van der Waals surface area contributed by atoms with Gasteiger partial charge in [0.05, 0.1) is 12.6 Å². The van der Waals surface area contributed by atoms with Crippen molar-refractivity contribution in [2.75, 3.05) is 19.7 Å². The summed E-state index contributed by atoms with van der Waals surface area (Å²) in [4.78, 5) is 39.9. The van der Waals surface area contributed by atoms with Crippen LogP contribution in [-0.4, -0.2) is 54.0 Å². The van der Waals surface area contributed by atoms with Gasteiger partial charge in [-0.3, -0.25) is 19.3 Å². The van der Waals surface area contributed by atoms with E-state index in [-0.39, 0.29) is 24.4 Å². The Morgan fingerprint density at radius 3 is 2.47 bits per heavy atom. The van der Waals surface area contributed by atoms with E-state index in [1.54, 1.807) is 13.8 Å². The van der Waals surface area contributed by atoms with E-state index in [0.29, 0.717) is 13.2 Å². The summed E-state index contributed by atoms with van der Waals surface area (Å²) in [6.45, 7) is 8.86. The molecule has 0 aromatic heterocycles. The summed E-state index contributed by atoms with van der Waals surface area (Å²) in [6, 6.07) is 9.71. The molecule has 1 saturated heterocycles. The predicted octanol–water partition coefficient (Wildman–Crippen LogP) is 2.25. The van der Waals surface area contributed by atoms with Crippen LogP contribution in [0.15, 0.2) is 30.3 Å². The number of hydrogen-bond acceptors (Lipinski definition) is 5. The Kier molecular flexibility index (Phi) is 8.84. The van der Waals surface area contributed by atoms with Crippen molar-refractivity contribution < 1.29 is 19.1 Å². The van der Waals surface area contributed by atoms with Crippen LogP contribution in [0.5, 0.6) is 0 Å². The molecule has 1 fully saturated rings. The summed E-state index contributed by atoms with van der Waals surface area (Å²) < 4.78 is 5.18. The Labute approximate surface area is 179 Å². The third kappa shape index (κ3) is 7.13.